The average molecular weight is 364 g/mol. The van der Waals surface area contributed by atoms with Crippen molar-refractivity contribution in [2.24, 2.45) is 0 Å². The van der Waals surface area contributed by atoms with Gasteiger partial charge in [-0.05, 0) is 53.8 Å². The van der Waals surface area contributed by atoms with Gasteiger partial charge in [0.1, 0.15) is 0 Å². The van der Waals surface area contributed by atoms with Crippen LogP contribution >= 0.6 is 11.8 Å². The molecule has 26 heavy (non-hydrogen) atoms. The summed E-state index contributed by atoms with van der Waals surface area (Å²) in [4.78, 5) is 24.0. The minimum atomic E-state index is -0.158. The van der Waals surface area contributed by atoms with Crippen molar-refractivity contribution in [1.82, 2.24) is 14.9 Å². The van der Waals surface area contributed by atoms with Crippen molar-refractivity contribution in [3.05, 3.63) is 84.4 Å². The maximum absolute atomic E-state index is 12.8. The number of rotatable bonds is 6. The second kappa shape index (κ2) is 9.01. The monoisotopic (exact) mass is 364 g/mol. The Morgan fingerprint density at radius 2 is 1.54 bits per heavy atom. The summed E-state index contributed by atoms with van der Waals surface area (Å²) in [6.45, 7) is 0.939. The van der Waals surface area contributed by atoms with E-state index in [4.69, 9.17) is 0 Å². The molecule has 0 unspecified atom stereocenters. The molecule has 0 fully saturated rings. The number of hydrogen-bond donors (Lipinski definition) is 1. The Bertz CT molecular complexity index is 784. The van der Waals surface area contributed by atoms with Crippen LogP contribution in [0, 0.1) is 0 Å². The number of benzene rings is 1. The Morgan fingerprint density at radius 3 is 2.00 bits per heavy atom. The van der Waals surface area contributed by atoms with Crippen molar-refractivity contribution in [3.8, 4) is 0 Å². The van der Waals surface area contributed by atoms with Gasteiger partial charge in [0.15, 0.2) is 0 Å². The van der Waals surface area contributed by atoms with Crippen LogP contribution in [0.25, 0.3) is 0 Å². The number of aromatic nitrogens is 2. The number of carbonyl (C=O) groups is 1. The topological polar surface area (TPSA) is 58.1 Å². The summed E-state index contributed by atoms with van der Waals surface area (Å²) in [5, 5.41) is 2.97. The summed E-state index contributed by atoms with van der Waals surface area (Å²) in [7, 11) is 0. The Labute approximate surface area is 157 Å². The molecular formula is C20H20N4OS. The number of thioether (sulfide) groups is 1. The summed E-state index contributed by atoms with van der Waals surface area (Å²) in [6, 6.07) is 15.3. The van der Waals surface area contributed by atoms with Crippen LogP contribution in [0.1, 0.15) is 11.1 Å². The lowest BCUT2D eigenvalue weighted by molar-refractivity contribution is 0.206. The Hall–Kier alpha value is -2.86. The summed E-state index contributed by atoms with van der Waals surface area (Å²) in [5.74, 6) is 0. The summed E-state index contributed by atoms with van der Waals surface area (Å²) >= 11 is 1.67. The molecule has 0 saturated carbocycles. The molecule has 1 N–H and O–H groups in total. The van der Waals surface area contributed by atoms with E-state index in [1.807, 2.05) is 54.8 Å². The van der Waals surface area contributed by atoms with Crippen LogP contribution in [0.5, 0.6) is 0 Å². The molecule has 3 aromatic rings. The molecule has 132 valence electrons. The number of hydrogen-bond acceptors (Lipinski definition) is 4. The van der Waals surface area contributed by atoms with Crippen LogP contribution < -0.4 is 5.32 Å². The first kappa shape index (κ1) is 17.9. The maximum atomic E-state index is 12.8. The zero-order chi connectivity index (χ0) is 18.2. The highest BCUT2D eigenvalue weighted by Crippen LogP contribution is 2.18. The fourth-order valence-corrected chi connectivity index (χ4v) is 2.91. The highest BCUT2D eigenvalue weighted by atomic mass is 32.2. The number of pyridine rings is 2. The first-order valence-electron chi connectivity index (χ1n) is 8.22. The lowest BCUT2D eigenvalue weighted by atomic mass is 10.2. The predicted molar refractivity (Wildman–Crippen MR) is 105 cm³/mol. The lowest BCUT2D eigenvalue weighted by Gasteiger charge is -2.23. The number of nitrogens with zero attached hydrogens (tertiary/aromatic N) is 3. The second-order valence-corrected chi connectivity index (χ2v) is 6.62. The quantitative estimate of drug-likeness (QED) is 0.657. The minimum Gasteiger partial charge on any atom is -0.316 e. The van der Waals surface area contributed by atoms with Crippen LogP contribution in [-0.4, -0.2) is 27.2 Å². The number of carbonyl (C=O) groups excluding carboxylic acids is 1. The van der Waals surface area contributed by atoms with E-state index in [-0.39, 0.29) is 6.03 Å². The predicted octanol–water partition coefficient (Wildman–Crippen LogP) is 4.43. The molecule has 2 amide bonds. The smallest absolute Gasteiger partial charge is 0.316 e. The molecule has 0 saturated heterocycles. The van der Waals surface area contributed by atoms with Gasteiger partial charge < -0.3 is 10.2 Å². The molecule has 0 aliphatic carbocycles. The third-order valence-electron chi connectivity index (χ3n) is 3.82. The van der Waals surface area contributed by atoms with Crippen molar-refractivity contribution in [3.63, 3.8) is 0 Å². The van der Waals surface area contributed by atoms with Gasteiger partial charge in [-0.25, -0.2) is 4.79 Å². The van der Waals surface area contributed by atoms with Gasteiger partial charge in [0.2, 0.25) is 0 Å². The molecule has 2 aromatic heterocycles. The van der Waals surface area contributed by atoms with Crippen LogP contribution in [0.2, 0.25) is 0 Å². The molecule has 0 aliphatic rings. The first-order valence-corrected chi connectivity index (χ1v) is 9.45. The van der Waals surface area contributed by atoms with E-state index in [1.54, 1.807) is 41.4 Å². The molecule has 0 atom stereocenters. The van der Waals surface area contributed by atoms with Gasteiger partial charge >= 0.3 is 6.03 Å². The van der Waals surface area contributed by atoms with E-state index < -0.39 is 0 Å². The molecule has 2 heterocycles. The average Bonchev–Trinajstić information content (AvgIpc) is 2.69. The van der Waals surface area contributed by atoms with E-state index in [9.17, 15) is 4.79 Å². The fraction of sp³-hybridized carbons (Fsp3) is 0.150. The second-order valence-electron chi connectivity index (χ2n) is 5.74. The van der Waals surface area contributed by atoms with Gasteiger partial charge in [-0.1, -0.05) is 12.1 Å². The molecule has 0 spiro atoms. The number of anilines is 1. The zero-order valence-electron chi connectivity index (χ0n) is 14.5. The highest BCUT2D eigenvalue weighted by molar-refractivity contribution is 7.98. The van der Waals surface area contributed by atoms with Crippen molar-refractivity contribution in [1.29, 1.82) is 0 Å². The Morgan fingerprint density at radius 1 is 0.962 bits per heavy atom. The van der Waals surface area contributed by atoms with E-state index in [0.717, 1.165) is 21.7 Å². The SMILES string of the molecule is CSc1ccc(NC(=O)N(Cc2cccnc2)Cc2cccnc2)cc1. The van der Waals surface area contributed by atoms with Crippen LogP contribution in [0.3, 0.4) is 0 Å². The third-order valence-corrected chi connectivity index (χ3v) is 4.56. The van der Waals surface area contributed by atoms with Gasteiger partial charge in [0.25, 0.3) is 0 Å². The van der Waals surface area contributed by atoms with E-state index in [2.05, 4.69) is 15.3 Å². The Balaban J connectivity index is 1.75. The van der Waals surface area contributed by atoms with Gasteiger partial charge in [0, 0.05) is 48.5 Å². The van der Waals surface area contributed by atoms with E-state index in [1.165, 1.54) is 0 Å². The van der Waals surface area contributed by atoms with Gasteiger partial charge in [-0.2, -0.15) is 0 Å². The summed E-state index contributed by atoms with van der Waals surface area (Å²) in [5.41, 5.74) is 2.73. The number of amides is 2. The van der Waals surface area contributed by atoms with Crippen molar-refractivity contribution < 1.29 is 4.79 Å². The molecule has 0 radical (unpaired) electrons. The summed E-state index contributed by atoms with van der Waals surface area (Å²) < 4.78 is 0. The lowest BCUT2D eigenvalue weighted by Crippen LogP contribution is -2.34. The molecule has 1 aromatic carbocycles. The Kier molecular flexibility index (Phi) is 6.22. The molecule has 0 bridgehead atoms. The minimum absolute atomic E-state index is 0.158. The maximum Gasteiger partial charge on any atom is 0.322 e. The fourth-order valence-electron chi connectivity index (χ4n) is 2.50. The molecule has 5 nitrogen and oxygen atoms in total. The third kappa shape index (κ3) is 5.07. The van der Waals surface area contributed by atoms with E-state index in [0.29, 0.717) is 13.1 Å². The highest BCUT2D eigenvalue weighted by Gasteiger charge is 2.15. The van der Waals surface area contributed by atoms with Crippen molar-refractivity contribution in [2.45, 2.75) is 18.0 Å². The largest absolute Gasteiger partial charge is 0.322 e. The van der Waals surface area contributed by atoms with Gasteiger partial charge in [-0.3, -0.25) is 9.97 Å². The van der Waals surface area contributed by atoms with Crippen LogP contribution in [0.15, 0.2) is 78.2 Å². The number of nitrogens with one attached hydrogen (secondary N) is 1. The normalized spacial score (nSPS) is 10.3. The van der Waals surface area contributed by atoms with Crippen molar-refractivity contribution >= 4 is 23.5 Å². The van der Waals surface area contributed by atoms with Crippen molar-refractivity contribution in [2.75, 3.05) is 11.6 Å². The van der Waals surface area contributed by atoms with Crippen LogP contribution in [-0.2, 0) is 13.1 Å². The zero-order valence-corrected chi connectivity index (χ0v) is 15.3. The van der Waals surface area contributed by atoms with Gasteiger partial charge in [0.05, 0.1) is 0 Å². The molecular weight excluding hydrogens is 344 g/mol. The molecule has 3 rings (SSSR count). The molecule has 6 heteroatoms. The standard InChI is InChI=1S/C20H20N4OS/c1-26-19-8-6-18(7-9-19)23-20(25)24(14-16-4-2-10-21-12-16)15-17-5-3-11-22-13-17/h2-13H,14-15H2,1H3,(H,23,25). The molecule has 0 aliphatic heterocycles. The van der Waals surface area contributed by atoms with E-state index >= 15 is 0 Å². The summed E-state index contributed by atoms with van der Waals surface area (Å²) in [6.07, 6.45) is 9.02. The van der Waals surface area contributed by atoms with Crippen LogP contribution in [0.4, 0.5) is 10.5 Å². The number of urea groups is 1. The first-order chi connectivity index (χ1) is 12.7. The van der Waals surface area contributed by atoms with Gasteiger partial charge in [-0.15, -0.1) is 11.8 Å².